The van der Waals surface area contributed by atoms with Crippen molar-refractivity contribution in [1.29, 1.82) is 0 Å². The lowest BCUT2D eigenvalue weighted by Crippen LogP contribution is -2.48. The fourth-order valence-corrected chi connectivity index (χ4v) is 3.64. The van der Waals surface area contributed by atoms with Crippen molar-refractivity contribution in [2.45, 2.75) is 32.7 Å². The van der Waals surface area contributed by atoms with Crippen molar-refractivity contribution in [2.75, 3.05) is 19.7 Å². The highest BCUT2D eigenvalue weighted by molar-refractivity contribution is 5.77. The van der Waals surface area contributed by atoms with E-state index in [4.69, 9.17) is 4.74 Å². The molecule has 3 rings (SSSR count). The van der Waals surface area contributed by atoms with Crippen LogP contribution >= 0.6 is 0 Å². The summed E-state index contributed by atoms with van der Waals surface area (Å²) in [6.07, 6.45) is 10.3. The zero-order valence-corrected chi connectivity index (χ0v) is 15.4. The van der Waals surface area contributed by atoms with E-state index in [1.54, 1.807) is 6.20 Å². The predicted molar refractivity (Wildman–Crippen MR) is 102 cm³/mol. The van der Waals surface area contributed by atoms with E-state index in [-0.39, 0.29) is 5.97 Å². The van der Waals surface area contributed by atoms with Crippen molar-refractivity contribution >= 4 is 12.0 Å². The number of piperidine rings is 1. The molecular weight excluding hydrogens is 326 g/mol. The van der Waals surface area contributed by atoms with Crippen LogP contribution in [-0.2, 0) is 16.1 Å². The molecule has 1 aliphatic heterocycles. The van der Waals surface area contributed by atoms with E-state index in [1.165, 1.54) is 0 Å². The topological polar surface area (TPSA) is 58.2 Å². The fraction of sp³-hybridized carbons (Fsp3) is 0.429. The Balaban J connectivity index is 1.72. The number of H-pyrrole nitrogens is 1. The summed E-state index contributed by atoms with van der Waals surface area (Å²) in [5, 5.41) is 0. The van der Waals surface area contributed by atoms with Crippen LogP contribution in [-0.4, -0.2) is 40.5 Å². The number of imidazole rings is 1. The number of benzene rings is 1. The molecule has 0 amide bonds. The zero-order chi connectivity index (χ0) is 18.2. The molecule has 138 valence electrons. The zero-order valence-electron chi connectivity index (χ0n) is 15.4. The quantitative estimate of drug-likeness (QED) is 0.772. The number of esters is 1. The number of allylic oxidation sites excluding steroid dienone is 1. The molecule has 0 unspecified atom stereocenters. The molecule has 1 aromatic carbocycles. The molecule has 2 aromatic rings. The third-order valence-electron chi connectivity index (χ3n) is 4.91. The van der Waals surface area contributed by atoms with Gasteiger partial charge in [0.05, 0.1) is 18.6 Å². The van der Waals surface area contributed by atoms with Crippen molar-refractivity contribution in [3.8, 4) is 0 Å². The van der Waals surface area contributed by atoms with E-state index in [0.29, 0.717) is 19.6 Å². The second-order valence-electron chi connectivity index (χ2n) is 6.87. The Labute approximate surface area is 155 Å². The minimum Gasteiger partial charge on any atom is -0.466 e. The molecule has 1 aliphatic rings. The maximum atomic E-state index is 12.8. The number of rotatable bonds is 7. The number of carbonyl (C=O) groups is 1. The summed E-state index contributed by atoms with van der Waals surface area (Å²) < 4.78 is 5.45. The molecule has 0 saturated carbocycles. The fourth-order valence-electron chi connectivity index (χ4n) is 3.64. The van der Waals surface area contributed by atoms with Crippen LogP contribution in [0.25, 0.3) is 6.08 Å². The number of ether oxygens (including phenoxy) is 1. The first-order valence-electron chi connectivity index (χ1n) is 9.31. The van der Waals surface area contributed by atoms with Gasteiger partial charge in [0, 0.05) is 18.9 Å². The highest BCUT2D eigenvalue weighted by Crippen LogP contribution is 2.36. The van der Waals surface area contributed by atoms with Gasteiger partial charge in [0.2, 0.25) is 0 Å². The van der Waals surface area contributed by atoms with Gasteiger partial charge < -0.3 is 9.72 Å². The second-order valence-corrected chi connectivity index (χ2v) is 6.87. The average molecular weight is 353 g/mol. The van der Waals surface area contributed by atoms with E-state index in [2.05, 4.69) is 39.2 Å². The normalized spacial score (nSPS) is 21.1. The average Bonchev–Trinajstić information content (AvgIpc) is 3.16. The highest BCUT2D eigenvalue weighted by Gasteiger charge is 2.42. The third-order valence-corrected chi connectivity index (χ3v) is 4.91. The first kappa shape index (κ1) is 18.4. The van der Waals surface area contributed by atoms with Crippen molar-refractivity contribution < 1.29 is 9.53 Å². The Hall–Kier alpha value is -2.40. The molecule has 0 radical (unpaired) electrons. The predicted octanol–water partition coefficient (Wildman–Crippen LogP) is 3.66. The van der Waals surface area contributed by atoms with Crippen molar-refractivity contribution in [2.24, 2.45) is 5.41 Å². The standard InChI is InChI=1S/C21H27N3O2/c1-2-26-20(25)21(11-6-10-18-8-4-3-5-9-18)12-7-15-24(17-21)16-19-22-13-14-23-19/h3-6,8-10,13-14H,2,7,11-12,15-17H2,1H3,(H,22,23)/b10-6+/t21-/m1/s1. The van der Waals surface area contributed by atoms with Crippen LogP contribution in [0.5, 0.6) is 0 Å². The third kappa shape index (κ3) is 4.61. The molecule has 5 heteroatoms. The molecule has 26 heavy (non-hydrogen) atoms. The van der Waals surface area contributed by atoms with Gasteiger partial charge in [0.25, 0.3) is 0 Å². The minimum absolute atomic E-state index is 0.0816. The van der Waals surface area contributed by atoms with Crippen LogP contribution in [0.15, 0.2) is 48.8 Å². The van der Waals surface area contributed by atoms with Gasteiger partial charge >= 0.3 is 5.97 Å². The largest absolute Gasteiger partial charge is 0.466 e. The van der Waals surface area contributed by atoms with Crippen molar-refractivity contribution in [3.05, 3.63) is 60.2 Å². The maximum absolute atomic E-state index is 12.8. The Morgan fingerprint density at radius 2 is 2.23 bits per heavy atom. The summed E-state index contributed by atoms with van der Waals surface area (Å²) in [6, 6.07) is 10.2. The lowest BCUT2D eigenvalue weighted by molar-refractivity contribution is -0.159. The molecule has 0 aliphatic carbocycles. The number of carbonyl (C=O) groups excluding carboxylic acids is 1. The monoisotopic (exact) mass is 353 g/mol. The van der Waals surface area contributed by atoms with E-state index in [0.717, 1.165) is 37.3 Å². The van der Waals surface area contributed by atoms with Gasteiger partial charge in [0.1, 0.15) is 5.82 Å². The molecule has 1 saturated heterocycles. The smallest absolute Gasteiger partial charge is 0.313 e. The molecule has 1 fully saturated rings. The Morgan fingerprint density at radius 3 is 2.96 bits per heavy atom. The van der Waals surface area contributed by atoms with Crippen molar-refractivity contribution in [1.82, 2.24) is 14.9 Å². The van der Waals surface area contributed by atoms with Crippen LogP contribution < -0.4 is 0 Å². The van der Waals surface area contributed by atoms with Crippen LogP contribution in [0, 0.1) is 5.41 Å². The van der Waals surface area contributed by atoms with Gasteiger partial charge in [-0.1, -0.05) is 42.5 Å². The van der Waals surface area contributed by atoms with E-state index in [1.807, 2.05) is 31.3 Å². The molecule has 5 nitrogen and oxygen atoms in total. The Morgan fingerprint density at radius 1 is 1.38 bits per heavy atom. The summed E-state index contributed by atoms with van der Waals surface area (Å²) in [5.41, 5.74) is 0.668. The minimum atomic E-state index is -0.480. The number of aromatic amines is 1. The molecule has 0 bridgehead atoms. The number of likely N-dealkylation sites (tertiary alicyclic amines) is 1. The second kappa shape index (κ2) is 8.81. The van der Waals surface area contributed by atoms with Crippen molar-refractivity contribution in [3.63, 3.8) is 0 Å². The first-order chi connectivity index (χ1) is 12.7. The number of aromatic nitrogens is 2. The summed E-state index contributed by atoms with van der Waals surface area (Å²) in [7, 11) is 0. The van der Waals surface area contributed by atoms with Gasteiger partial charge in [-0.15, -0.1) is 0 Å². The number of nitrogens with one attached hydrogen (secondary N) is 1. The summed E-state index contributed by atoms with van der Waals surface area (Å²) in [5.74, 6) is 0.853. The van der Waals surface area contributed by atoms with Gasteiger partial charge in [-0.3, -0.25) is 9.69 Å². The molecule has 1 atom stereocenters. The molecular formula is C21H27N3O2. The molecule has 1 N–H and O–H groups in total. The number of nitrogens with zero attached hydrogens (tertiary/aromatic N) is 2. The van der Waals surface area contributed by atoms with Gasteiger partial charge in [-0.25, -0.2) is 4.98 Å². The Kier molecular flexibility index (Phi) is 6.23. The SMILES string of the molecule is CCOC(=O)[C@]1(C/C=C/c2ccccc2)CCCN(Cc2ncc[nH]2)C1. The highest BCUT2D eigenvalue weighted by atomic mass is 16.5. The van der Waals surface area contributed by atoms with E-state index >= 15 is 0 Å². The van der Waals surface area contributed by atoms with Gasteiger partial charge in [0.15, 0.2) is 0 Å². The molecule has 1 aromatic heterocycles. The van der Waals surface area contributed by atoms with Crippen LogP contribution in [0.4, 0.5) is 0 Å². The lowest BCUT2D eigenvalue weighted by Gasteiger charge is -2.40. The number of hydrogen-bond acceptors (Lipinski definition) is 4. The number of hydrogen-bond donors (Lipinski definition) is 1. The van der Waals surface area contributed by atoms with E-state index < -0.39 is 5.41 Å². The maximum Gasteiger partial charge on any atom is 0.313 e. The molecule has 0 spiro atoms. The summed E-state index contributed by atoms with van der Waals surface area (Å²) >= 11 is 0. The van der Waals surface area contributed by atoms with Gasteiger partial charge in [-0.05, 0) is 38.3 Å². The van der Waals surface area contributed by atoms with Crippen LogP contribution in [0.3, 0.4) is 0 Å². The van der Waals surface area contributed by atoms with Crippen LogP contribution in [0.1, 0.15) is 37.6 Å². The first-order valence-corrected chi connectivity index (χ1v) is 9.31. The lowest BCUT2D eigenvalue weighted by atomic mass is 9.76. The van der Waals surface area contributed by atoms with Gasteiger partial charge in [-0.2, -0.15) is 0 Å². The summed E-state index contributed by atoms with van der Waals surface area (Å²) in [4.78, 5) is 22.6. The van der Waals surface area contributed by atoms with Crippen LogP contribution in [0.2, 0.25) is 0 Å². The van der Waals surface area contributed by atoms with E-state index in [9.17, 15) is 4.79 Å². The summed E-state index contributed by atoms with van der Waals surface area (Å²) in [6.45, 7) is 4.70. The Bertz CT molecular complexity index is 712. The molecule has 2 heterocycles.